The van der Waals surface area contributed by atoms with E-state index in [1.54, 1.807) is 24.3 Å². The zero-order valence-electron chi connectivity index (χ0n) is 11.3. The molecule has 2 aromatic carbocycles. The van der Waals surface area contributed by atoms with E-state index in [0.717, 1.165) is 15.6 Å². The molecule has 0 saturated carbocycles. The summed E-state index contributed by atoms with van der Waals surface area (Å²) in [5.41, 5.74) is 2.05. The van der Waals surface area contributed by atoms with Crippen molar-refractivity contribution in [2.45, 2.75) is 24.8 Å². The lowest BCUT2D eigenvalue weighted by Crippen LogP contribution is -2.27. The van der Waals surface area contributed by atoms with Gasteiger partial charge >= 0.3 is 0 Å². The quantitative estimate of drug-likeness (QED) is 0.908. The fourth-order valence-electron chi connectivity index (χ4n) is 2.05. The van der Waals surface area contributed by atoms with Crippen LogP contribution in [0.5, 0.6) is 0 Å². The van der Waals surface area contributed by atoms with E-state index in [-0.39, 0.29) is 10.9 Å². The third-order valence-corrected chi connectivity index (χ3v) is 5.20. The second-order valence-corrected chi connectivity index (χ2v) is 7.28. The van der Waals surface area contributed by atoms with Crippen molar-refractivity contribution >= 4 is 26.0 Å². The Morgan fingerprint density at radius 1 is 1.05 bits per heavy atom. The van der Waals surface area contributed by atoms with E-state index in [1.165, 1.54) is 0 Å². The van der Waals surface area contributed by atoms with E-state index in [1.807, 2.05) is 38.1 Å². The summed E-state index contributed by atoms with van der Waals surface area (Å²) in [5, 5.41) is 0. The average Bonchev–Trinajstić information content (AvgIpc) is 2.39. The van der Waals surface area contributed by atoms with Crippen molar-refractivity contribution in [3.63, 3.8) is 0 Å². The highest BCUT2D eigenvalue weighted by Crippen LogP contribution is 2.20. The van der Waals surface area contributed by atoms with Crippen LogP contribution in [0.15, 0.2) is 57.9 Å². The number of hydrogen-bond donors (Lipinski definition) is 1. The minimum Gasteiger partial charge on any atom is -0.207 e. The highest BCUT2D eigenvalue weighted by molar-refractivity contribution is 9.10. The number of hydrogen-bond acceptors (Lipinski definition) is 2. The molecular formula is C15H16BrNO2S. The topological polar surface area (TPSA) is 46.2 Å². The minimum absolute atomic E-state index is 0.265. The van der Waals surface area contributed by atoms with Gasteiger partial charge in [-0.2, -0.15) is 0 Å². The van der Waals surface area contributed by atoms with Crippen LogP contribution < -0.4 is 4.72 Å². The van der Waals surface area contributed by atoms with Crippen LogP contribution >= 0.6 is 15.9 Å². The molecule has 0 unspecified atom stereocenters. The summed E-state index contributed by atoms with van der Waals surface area (Å²) >= 11 is 3.29. The van der Waals surface area contributed by atoms with Gasteiger partial charge in [0.05, 0.1) is 4.90 Å². The first-order chi connectivity index (χ1) is 9.40. The Balaban J connectivity index is 2.24. The summed E-state index contributed by atoms with van der Waals surface area (Å²) in [6.07, 6.45) is 0. The SMILES string of the molecule is Cc1ccccc1[C@H](C)NS(=O)(=O)c1ccc(Br)cc1. The molecule has 2 rings (SSSR count). The average molecular weight is 354 g/mol. The van der Waals surface area contributed by atoms with Crippen molar-refractivity contribution in [2.24, 2.45) is 0 Å². The first-order valence-electron chi connectivity index (χ1n) is 6.23. The van der Waals surface area contributed by atoms with Crippen LogP contribution in [0, 0.1) is 6.92 Å². The minimum atomic E-state index is -3.51. The lowest BCUT2D eigenvalue weighted by atomic mass is 10.0. The Bertz CT molecular complexity index is 696. The van der Waals surface area contributed by atoms with Gasteiger partial charge in [-0.3, -0.25) is 0 Å². The van der Waals surface area contributed by atoms with Crippen LogP contribution in [0.4, 0.5) is 0 Å². The Morgan fingerprint density at radius 3 is 2.25 bits per heavy atom. The molecule has 0 aliphatic carbocycles. The highest BCUT2D eigenvalue weighted by atomic mass is 79.9. The smallest absolute Gasteiger partial charge is 0.207 e. The Kier molecular flexibility index (Phi) is 4.62. The number of rotatable bonds is 4. The van der Waals surface area contributed by atoms with Crippen LogP contribution in [-0.2, 0) is 10.0 Å². The monoisotopic (exact) mass is 353 g/mol. The predicted octanol–water partition coefficient (Wildman–Crippen LogP) is 3.80. The van der Waals surface area contributed by atoms with Crippen LogP contribution in [0.25, 0.3) is 0 Å². The standard InChI is InChI=1S/C15H16BrNO2S/c1-11-5-3-4-6-15(11)12(2)17-20(18,19)14-9-7-13(16)8-10-14/h3-10,12,17H,1-2H3/t12-/m0/s1. The Labute approximate surface area is 128 Å². The number of nitrogens with one attached hydrogen (secondary N) is 1. The summed E-state index contributed by atoms with van der Waals surface area (Å²) in [6.45, 7) is 3.82. The maximum Gasteiger partial charge on any atom is 0.241 e. The summed E-state index contributed by atoms with van der Waals surface area (Å²) in [6, 6.07) is 14.1. The van der Waals surface area contributed by atoms with E-state index in [4.69, 9.17) is 0 Å². The fraction of sp³-hybridized carbons (Fsp3) is 0.200. The van der Waals surface area contributed by atoms with Crippen LogP contribution in [0.2, 0.25) is 0 Å². The summed E-state index contributed by atoms with van der Waals surface area (Å²) in [7, 11) is -3.51. The molecule has 0 spiro atoms. The van der Waals surface area contributed by atoms with Crippen molar-refractivity contribution in [1.82, 2.24) is 4.72 Å². The predicted molar refractivity (Wildman–Crippen MR) is 84.1 cm³/mol. The highest BCUT2D eigenvalue weighted by Gasteiger charge is 2.18. The van der Waals surface area contributed by atoms with Gasteiger partial charge in [-0.15, -0.1) is 0 Å². The third kappa shape index (κ3) is 3.48. The maximum atomic E-state index is 12.3. The molecule has 0 amide bonds. The molecule has 0 aliphatic heterocycles. The van der Waals surface area contributed by atoms with E-state index in [0.29, 0.717) is 0 Å². The Morgan fingerprint density at radius 2 is 1.65 bits per heavy atom. The first-order valence-corrected chi connectivity index (χ1v) is 8.51. The number of benzene rings is 2. The van der Waals surface area contributed by atoms with Gasteiger partial charge in [-0.05, 0) is 49.2 Å². The molecule has 0 aliphatic rings. The second-order valence-electron chi connectivity index (χ2n) is 4.65. The van der Waals surface area contributed by atoms with Crippen molar-refractivity contribution in [2.75, 3.05) is 0 Å². The molecule has 0 aromatic heterocycles. The van der Waals surface area contributed by atoms with Gasteiger partial charge in [-0.25, -0.2) is 13.1 Å². The molecular weight excluding hydrogens is 338 g/mol. The molecule has 0 bridgehead atoms. The molecule has 20 heavy (non-hydrogen) atoms. The Hall–Kier alpha value is -1.17. The van der Waals surface area contributed by atoms with Gasteiger partial charge in [-0.1, -0.05) is 40.2 Å². The third-order valence-electron chi connectivity index (χ3n) is 3.11. The maximum absolute atomic E-state index is 12.3. The summed E-state index contributed by atoms with van der Waals surface area (Å²) in [5.74, 6) is 0. The molecule has 0 saturated heterocycles. The van der Waals surface area contributed by atoms with Gasteiger partial charge in [0, 0.05) is 10.5 Å². The van der Waals surface area contributed by atoms with Gasteiger partial charge in [0.1, 0.15) is 0 Å². The van der Waals surface area contributed by atoms with E-state index in [2.05, 4.69) is 20.7 Å². The molecule has 5 heteroatoms. The normalized spacial score (nSPS) is 13.2. The molecule has 0 radical (unpaired) electrons. The van der Waals surface area contributed by atoms with Gasteiger partial charge in [0.25, 0.3) is 0 Å². The van der Waals surface area contributed by atoms with E-state index in [9.17, 15) is 8.42 Å². The lowest BCUT2D eigenvalue weighted by molar-refractivity contribution is 0.566. The molecule has 106 valence electrons. The molecule has 0 fully saturated rings. The van der Waals surface area contributed by atoms with Crippen molar-refractivity contribution < 1.29 is 8.42 Å². The van der Waals surface area contributed by atoms with Crippen molar-refractivity contribution in [3.8, 4) is 0 Å². The second kappa shape index (κ2) is 6.08. The van der Waals surface area contributed by atoms with Crippen LogP contribution in [-0.4, -0.2) is 8.42 Å². The van der Waals surface area contributed by atoms with Gasteiger partial charge in [0.2, 0.25) is 10.0 Å². The number of aryl methyl sites for hydroxylation is 1. The fourth-order valence-corrected chi connectivity index (χ4v) is 3.54. The lowest BCUT2D eigenvalue weighted by Gasteiger charge is -2.16. The van der Waals surface area contributed by atoms with Gasteiger partial charge in [0.15, 0.2) is 0 Å². The molecule has 2 aromatic rings. The zero-order chi connectivity index (χ0) is 14.8. The van der Waals surface area contributed by atoms with Crippen molar-refractivity contribution in [3.05, 3.63) is 64.1 Å². The largest absolute Gasteiger partial charge is 0.241 e. The summed E-state index contributed by atoms with van der Waals surface area (Å²) in [4.78, 5) is 0.265. The van der Waals surface area contributed by atoms with Gasteiger partial charge < -0.3 is 0 Å². The van der Waals surface area contributed by atoms with E-state index >= 15 is 0 Å². The first kappa shape index (κ1) is 15.2. The van der Waals surface area contributed by atoms with Crippen LogP contribution in [0.1, 0.15) is 24.1 Å². The zero-order valence-corrected chi connectivity index (χ0v) is 13.7. The molecule has 1 N–H and O–H groups in total. The van der Waals surface area contributed by atoms with E-state index < -0.39 is 10.0 Å². The molecule has 1 atom stereocenters. The molecule has 3 nitrogen and oxygen atoms in total. The van der Waals surface area contributed by atoms with Crippen molar-refractivity contribution in [1.29, 1.82) is 0 Å². The molecule has 0 heterocycles. The summed E-state index contributed by atoms with van der Waals surface area (Å²) < 4.78 is 28.2. The number of halogens is 1. The number of sulfonamides is 1. The van der Waals surface area contributed by atoms with Crippen LogP contribution in [0.3, 0.4) is 0 Å².